The number of rotatable bonds is 10. The zero-order valence-corrected chi connectivity index (χ0v) is 63.9. The first-order valence-electron chi connectivity index (χ1n) is 35.7. The molecule has 10 atom stereocenters. The van der Waals surface area contributed by atoms with Gasteiger partial charge in [0.1, 0.15) is 11.5 Å². The van der Waals surface area contributed by atoms with E-state index in [-0.39, 0.29) is 21.7 Å². The molecule has 0 amide bonds. The molecule has 93 heavy (non-hydrogen) atoms. The van der Waals surface area contributed by atoms with Gasteiger partial charge in [0, 0.05) is 27.8 Å². The van der Waals surface area contributed by atoms with Crippen LogP contribution in [0.1, 0.15) is 205 Å². The van der Waals surface area contributed by atoms with Crippen molar-refractivity contribution in [2.24, 2.45) is 40.9 Å². The molecule has 0 aromatic heterocycles. The summed E-state index contributed by atoms with van der Waals surface area (Å²) in [5.41, 5.74) is 27.9. The molecule has 2 saturated carbocycles. The maximum atomic E-state index is 6.34. The van der Waals surface area contributed by atoms with Gasteiger partial charge >= 0.3 is 0 Å². The predicted octanol–water partition coefficient (Wildman–Crippen LogP) is 25.5. The van der Waals surface area contributed by atoms with Gasteiger partial charge in [-0.1, -0.05) is 324 Å². The van der Waals surface area contributed by atoms with E-state index >= 15 is 0 Å². The Bertz CT molecular complexity index is 3870. The largest absolute Gasteiger partial charge is 0.496 e. The van der Waals surface area contributed by atoms with Gasteiger partial charge in [-0.15, -0.1) is 0 Å². The Balaban J connectivity index is 0.000000195. The normalized spacial score (nSPS) is 24.3. The summed E-state index contributed by atoms with van der Waals surface area (Å²) < 4.78 is 12.6. The van der Waals surface area contributed by atoms with Crippen LogP contribution in [0.15, 0.2) is 180 Å². The molecule has 6 aliphatic rings. The van der Waals surface area contributed by atoms with Gasteiger partial charge < -0.3 is 9.47 Å². The highest BCUT2D eigenvalue weighted by Gasteiger charge is 2.59. The van der Waals surface area contributed by atoms with Crippen LogP contribution in [0.2, 0.25) is 37.3 Å². The third-order valence-electron chi connectivity index (χ3n) is 22.8. The van der Waals surface area contributed by atoms with E-state index in [9.17, 15) is 0 Å². The van der Waals surface area contributed by atoms with Crippen LogP contribution in [0.5, 0.6) is 5.75 Å². The second-order valence-corrected chi connectivity index (χ2v) is 44.2. The molecular formula is C89H116O2Si2. The molecule has 492 valence electrons. The molecule has 0 spiro atoms. The standard InChI is InChI=1S/C43H58OSi.C43H50OSi.C3H8/c2*1-27-24-34-32(29-20-22-31(23-21-29)42(3,4)5)18-15-19-33(34)40(27)45(10,11)41-28(2)25-35-36(41)26-37(43(6,7)8)39(44-9)38(35)30-16-13-12-14-17-30;1-3-2/h12-23,26-28,33-36,40-41H,24-25H2,1-11H3;12-26,40-41H,1-11H3;3H2,1-2H3. The highest BCUT2D eigenvalue weighted by Crippen LogP contribution is 2.67. The van der Waals surface area contributed by atoms with E-state index in [4.69, 9.17) is 9.47 Å². The lowest BCUT2D eigenvalue weighted by molar-refractivity contribution is 0.274. The molecule has 6 aromatic rings. The van der Waals surface area contributed by atoms with E-state index in [1.807, 2.05) is 14.2 Å². The number of benzene rings is 6. The van der Waals surface area contributed by atoms with Gasteiger partial charge in [-0.2, -0.15) is 0 Å². The number of ether oxygens (including phenoxy) is 2. The Morgan fingerprint density at radius 3 is 1.52 bits per heavy atom. The number of hydrogen-bond donors (Lipinski definition) is 0. The summed E-state index contributed by atoms with van der Waals surface area (Å²) in [7, 11) is -0.0871. The summed E-state index contributed by atoms with van der Waals surface area (Å²) >= 11 is 0. The quantitative estimate of drug-likeness (QED) is 0.127. The van der Waals surface area contributed by atoms with Gasteiger partial charge in [0.2, 0.25) is 0 Å². The minimum Gasteiger partial charge on any atom is -0.496 e. The Labute approximate surface area is 567 Å². The first-order chi connectivity index (χ1) is 43.7. The van der Waals surface area contributed by atoms with Gasteiger partial charge in [-0.25, -0.2) is 0 Å². The van der Waals surface area contributed by atoms with E-state index < -0.39 is 16.1 Å². The molecular weight excluding hydrogens is 1160 g/mol. The monoisotopic (exact) mass is 1270 g/mol. The van der Waals surface area contributed by atoms with Crippen molar-refractivity contribution in [3.8, 4) is 28.0 Å². The Hall–Kier alpha value is -6.21. The van der Waals surface area contributed by atoms with E-state index in [0.717, 1.165) is 28.5 Å². The minimum atomic E-state index is -2.03. The molecule has 6 aromatic carbocycles. The summed E-state index contributed by atoms with van der Waals surface area (Å²) in [4.78, 5) is 0. The van der Waals surface area contributed by atoms with Gasteiger partial charge in [0.05, 0.1) is 30.4 Å². The van der Waals surface area contributed by atoms with E-state index in [1.54, 1.807) is 5.57 Å². The Morgan fingerprint density at radius 1 is 0.495 bits per heavy atom. The summed E-state index contributed by atoms with van der Waals surface area (Å²) in [6.07, 6.45) is 19.0. The van der Waals surface area contributed by atoms with Crippen molar-refractivity contribution < 1.29 is 9.47 Å². The third kappa shape index (κ3) is 13.2. The Morgan fingerprint density at radius 2 is 1.00 bits per heavy atom. The van der Waals surface area contributed by atoms with Crippen LogP contribution >= 0.6 is 0 Å². The van der Waals surface area contributed by atoms with Crippen molar-refractivity contribution in [3.63, 3.8) is 0 Å². The smallest absolute Gasteiger partial charge is 0.131 e. The molecule has 0 heterocycles. The molecule has 4 heteroatoms. The molecule has 0 aliphatic heterocycles. The molecule has 0 bridgehead atoms. The maximum absolute atomic E-state index is 6.34. The van der Waals surface area contributed by atoms with Crippen molar-refractivity contribution in [3.05, 3.63) is 230 Å². The fraction of sp³-hybridized carbons (Fsp3) is 0.461. The third-order valence-corrected chi connectivity index (χ3v) is 32.6. The van der Waals surface area contributed by atoms with Gasteiger partial charge in [-0.3, -0.25) is 0 Å². The second-order valence-electron chi connectivity index (χ2n) is 34.4. The van der Waals surface area contributed by atoms with Gasteiger partial charge in [0.15, 0.2) is 0 Å². The summed E-state index contributed by atoms with van der Waals surface area (Å²) in [6, 6.07) is 50.4. The van der Waals surface area contributed by atoms with Crippen LogP contribution in [-0.2, 0) is 21.0 Å². The van der Waals surface area contributed by atoms with Crippen LogP contribution in [0, 0.1) is 40.9 Å². The highest BCUT2D eigenvalue weighted by atomic mass is 28.3. The number of fused-ring (bicyclic) bond motifs is 4. The van der Waals surface area contributed by atoms with Crippen LogP contribution < -0.4 is 4.74 Å². The predicted molar refractivity (Wildman–Crippen MR) is 411 cm³/mol. The maximum Gasteiger partial charge on any atom is 0.131 e. The molecule has 2 fully saturated rings. The summed E-state index contributed by atoms with van der Waals surface area (Å²) in [5, 5.41) is 0. The van der Waals surface area contributed by atoms with E-state index in [1.165, 1.54) is 114 Å². The number of allylic oxidation sites excluding steroid dienone is 9. The number of methoxy groups -OCH3 is 2. The zero-order valence-electron chi connectivity index (χ0n) is 61.9. The molecule has 10 unspecified atom stereocenters. The van der Waals surface area contributed by atoms with Gasteiger partial charge in [0.25, 0.3) is 0 Å². The number of hydrogen-bond acceptors (Lipinski definition) is 2. The van der Waals surface area contributed by atoms with Crippen molar-refractivity contribution in [2.75, 3.05) is 14.2 Å². The molecule has 0 radical (unpaired) electrons. The second kappa shape index (κ2) is 26.4. The van der Waals surface area contributed by atoms with Crippen molar-refractivity contribution >= 4 is 39.4 Å². The Kier molecular flexibility index (Phi) is 19.8. The molecule has 2 nitrogen and oxygen atoms in total. The molecule has 6 aliphatic carbocycles. The topological polar surface area (TPSA) is 18.5 Å². The van der Waals surface area contributed by atoms with Crippen LogP contribution in [0.4, 0.5) is 0 Å². The fourth-order valence-corrected chi connectivity index (χ4v) is 30.4. The zero-order chi connectivity index (χ0) is 67.7. The van der Waals surface area contributed by atoms with Crippen LogP contribution in [-0.4, -0.2) is 30.4 Å². The SMILES string of the molecule is CCC.COC1=C(c2ccccc2)C2CC(C)C([Si](C)(C)C3C(C)CC4C(c5ccc(C(C)(C)C)cc5)=CC=CC43)C2C=C1C(C)(C)C.COc1c(C(C)(C)C)cc2c(c1-c1ccccc1)C=C(C)C2[Si](C)(C)C1C(C)=Cc2c(-c3ccc(C(C)(C)C)cc3)cccc21. The fourth-order valence-electron chi connectivity index (χ4n) is 19.1. The lowest BCUT2D eigenvalue weighted by atomic mass is 9.72. The highest BCUT2D eigenvalue weighted by molar-refractivity contribution is 6.82. The van der Waals surface area contributed by atoms with Crippen LogP contribution in [0.3, 0.4) is 0 Å². The van der Waals surface area contributed by atoms with Gasteiger partial charge in [-0.05, 0) is 167 Å². The van der Waals surface area contributed by atoms with E-state index in [0.29, 0.717) is 40.7 Å². The summed E-state index contributed by atoms with van der Waals surface area (Å²) in [6.45, 7) is 52.9. The van der Waals surface area contributed by atoms with E-state index in [2.05, 4.69) is 321 Å². The molecule has 0 saturated heterocycles. The summed E-state index contributed by atoms with van der Waals surface area (Å²) in [5.74, 6) is 5.95. The molecule has 12 rings (SSSR count). The lowest BCUT2D eigenvalue weighted by Crippen LogP contribution is -2.46. The van der Waals surface area contributed by atoms with Crippen molar-refractivity contribution in [1.82, 2.24) is 0 Å². The average Bonchev–Trinajstić information content (AvgIpc) is 1.60. The van der Waals surface area contributed by atoms with Crippen molar-refractivity contribution in [2.45, 2.75) is 208 Å². The average molecular weight is 1270 g/mol. The van der Waals surface area contributed by atoms with Crippen LogP contribution in [0.25, 0.3) is 45.6 Å². The van der Waals surface area contributed by atoms with Crippen molar-refractivity contribution in [1.29, 1.82) is 0 Å². The first-order valence-corrected chi connectivity index (χ1v) is 42.0. The minimum absolute atomic E-state index is 0.0263. The lowest BCUT2D eigenvalue weighted by Gasteiger charge is -2.47. The first kappa shape index (κ1) is 69.6. The molecule has 0 N–H and O–H groups in total.